The Hall–Kier alpha value is -1.56. The lowest BCUT2D eigenvalue weighted by molar-refractivity contribution is -0.113. The summed E-state index contributed by atoms with van der Waals surface area (Å²) in [5.41, 5.74) is 0.891. The lowest BCUT2D eigenvalue weighted by atomic mass is 10.1. The fraction of sp³-hybridized carbons (Fsp3) is 0.389. The number of hydrogen-bond acceptors (Lipinski definition) is 4. The third-order valence-corrected chi connectivity index (χ3v) is 4.89. The van der Waals surface area contributed by atoms with Crippen molar-refractivity contribution in [1.29, 1.82) is 0 Å². The van der Waals surface area contributed by atoms with Crippen LogP contribution >= 0.6 is 11.8 Å². The van der Waals surface area contributed by atoms with E-state index in [4.69, 9.17) is 4.74 Å². The zero-order valence-corrected chi connectivity index (χ0v) is 14.0. The van der Waals surface area contributed by atoms with Gasteiger partial charge in [0.05, 0.1) is 19.0 Å². The van der Waals surface area contributed by atoms with Crippen molar-refractivity contribution in [1.82, 2.24) is 4.90 Å². The van der Waals surface area contributed by atoms with Gasteiger partial charge in [-0.25, -0.2) is 0 Å². The summed E-state index contributed by atoms with van der Waals surface area (Å²) >= 11 is 1.69. The van der Waals surface area contributed by atoms with Crippen molar-refractivity contribution in [3.8, 4) is 0 Å². The first-order valence-corrected chi connectivity index (χ1v) is 9.14. The Bertz CT molecular complexity index is 651. The molecule has 1 aliphatic rings. The number of anilines is 1. The summed E-state index contributed by atoms with van der Waals surface area (Å²) in [6.07, 6.45) is 0. The van der Waals surface area contributed by atoms with E-state index in [9.17, 15) is 4.79 Å². The van der Waals surface area contributed by atoms with Crippen LogP contribution in [0.4, 0.5) is 5.69 Å². The van der Waals surface area contributed by atoms with Gasteiger partial charge < -0.3 is 10.1 Å². The number of fused-ring (bicyclic) bond motifs is 1. The molecule has 1 amide bonds. The maximum Gasteiger partial charge on any atom is 0.234 e. The highest BCUT2D eigenvalue weighted by Crippen LogP contribution is 2.23. The predicted octanol–water partition coefficient (Wildman–Crippen LogP) is 2.84. The Morgan fingerprint density at radius 3 is 2.78 bits per heavy atom. The van der Waals surface area contributed by atoms with E-state index < -0.39 is 0 Å². The Labute approximate surface area is 141 Å². The zero-order chi connectivity index (χ0) is 15.9. The number of rotatable bonds is 6. The maximum absolute atomic E-state index is 12.1. The van der Waals surface area contributed by atoms with Crippen LogP contribution in [0.3, 0.4) is 0 Å². The molecule has 0 aromatic heterocycles. The first kappa shape index (κ1) is 16.3. The van der Waals surface area contributed by atoms with Crippen molar-refractivity contribution in [2.24, 2.45) is 0 Å². The van der Waals surface area contributed by atoms with Gasteiger partial charge >= 0.3 is 0 Å². The van der Waals surface area contributed by atoms with Crippen molar-refractivity contribution in [3.63, 3.8) is 0 Å². The molecule has 5 heteroatoms. The van der Waals surface area contributed by atoms with Crippen molar-refractivity contribution < 1.29 is 9.53 Å². The Balaban J connectivity index is 1.45. The number of ether oxygens (including phenoxy) is 1. The molecule has 0 bridgehead atoms. The van der Waals surface area contributed by atoms with E-state index >= 15 is 0 Å². The quantitative estimate of drug-likeness (QED) is 0.827. The van der Waals surface area contributed by atoms with Gasteiger partial charge in [0.25, 0.3) is 0 Å². The summed E-state index contributed by atoms with van der Waals surface area (Å²) in [6, 6.07) is 14.1. The molecule has 1 aliphatic heterocycles. The molecule has 1 heterocycles. The van der Waals surface area contributed by atoms with E-state index in [1.165, 1.54) is 0 Å². The molecule has 4 nitrogen and oxygen atoms in total. The van der Waals surface area contributed by atoms with Crippen LogP contribution in [0.2, 0.25) is 0 Å². The van der Waals surface area contributed by atoms with Crippen LogP contribution < -0.4 is 5.32 Å². The molecule has 1 fully saturated rings. The average Bonchev–Trinajstić information content (AvgIpc) is 2.60. The topological polar surface area (TPSA) is 41.6 Å². The normalized spacial score (nSPS) is 15.7. The molecule has 0 spiro atoms. The Morgan fingerprint density at radius 1 is 1.13 bits per heavy atom. The molecule has 0 saturated carbocycles. The summed E-state index contributed by atoms with van der Waals surface area (Å²) < 4.78 is 5.33. The monoisotopic (exact) mass is 330 g/mol. The van der Waals surface area contributed by atoms with Gasteiger partial charge in [0, 0.05) is 36.5 Å². The van der Waals surface area contributed by atoms with Gasteiger partial charge in [-0.3, -0.25) is 9.69 Å². The molecular weight excluding hydrogens is 308 g/mol. The zero-order valence-electron chi connectivity index (χ0n) is 13.2. The average molecular weight is 330 g/mol. The standard InChI is InChI=1S/C18H22N2O2S/c21-18(14-23-13-10-20-8-11-22-12-9-20)19-17-7-3-5-15-4-1-2-6-16(15)17/h1-7H,8-14H2,(H,19,21). The highest BCUT2D eigenvalue weighted by atomic mass is 32.2. The second kappa shape index (κ2) is 8.34. The van der Waals surface area contributed by atoms with Crippen molar-refractivity contribution in [2.75, 3.05) is 49.7 Å². The van der Waals surface area contributed by atoms with Crippen LogP contribution in [0.15, 0.2) is 42.5 Å². The van der Waals surface area contributed by atoms with Crippen molar-refractivity contribution >= 4 is 34.1 Å². The molecule has 0 radical (unpaired) electrons. The molecular formula is C18H22N2O2S. The van der Waals surface area contributed by atoms with Crippen LogP contribution in [0, 0.1) is 0 Å². The lowest BCUT2D eigenvalue weighted by Crippen LogP contribution is -2.37. The second-order valence-electron chi connectivity index (χ2n) is 5.58. The van der Waals surface area contributed by atoms with Gasteiger partial charge in [-0.2, -0.15) is 11.8 Å². The van der Waals surface area contributed by atoms with E-state index in [-0.39, 0.29) is 5.91 Å². The van der Waals surface area contributed by atoms with Gasteiger partial charge in [0.1, 0.15) is 0 Å². The van der Waals surface area contributed by atoms with Gasteiger partial charge in [-0.15, -0.1) is 0 Å². The molecule has 3 rings (SSSR count). The molecule has 0 unspecified atom stereocenters. The number of nitrogens with one attached hydrogen (secondary N) is 1. The summed E-state index contributed by atoms with van der Waals surface area (Å²) in [4.78, 5) is 14.5. The van der Waals surface area contributed by atoms with Gasteiger partial charge in [0.15, 0.2) is 0 Å². The molecule has 0 aliphatic carbocycles. The minimum absolute atomic E-state index is 0.0633. The number of thioether (sulfide) groups is 1. The van der Waals surface area contributed by atoms with Crippen LogP contribution in [-0.4, -0.2) is 55.2 Å². The summed E-state index contributed by atoms with van der Waals surface area (Å²) in [5, 5.41) is 5.26. The fourth-order valence-corrected chi connectivity index (χ4v) is 3.49. The van der Waals surface area contributed by atoms with Crippen LogP contribution in [-0.2, 0) is 9.53 Å². The smallest absolute Gasteiger partial charge is 0.234 e. The number of carbonyl (C=O) groups is 1. The minimum atomic E-state index is 0.0633. The van der Waals surface area contributed by atoms with Gasteiger partial charge in [-0.05, 0) is 11.5 Å². The number of nitrogens with zero attached hydrogens (tertiary/aromatic N) is 1. The highest BCUT2D eigenvalue weighted by molar-refractivity contribution is 7.99. The van der Waals surface area contributed by atoms with Gasteiger partial charge in [0.2, 0.25) is 5.91 Å². The number of benzene rings is 2. The van der Waals surface area contributed by atoms with E-state index in [1.54, 1.807) is 11.8 Å². The second-order valence-corrected chi connectivity index (χ2v) is 6.69. The highest BCUT2D eigenvalue weighted by Gasteiger charge is 2.10. The molecule has 23 heavy (non-hydrogen) atoms. The number of amides is 1. The molecule has 2 aromatic carbocycles. The lowest BCUT2D eigenvalue weighted by Gasteiger charge is -2.26. The van der Waals surface area contributed by atoms with E-state index in [1.807, 2.05) is 30.3 Å². The Kier molecular flexibility index (Phi) is 5.91. The number of hydrogen-bond donors (Lipinski definition) is 1. The van der Waals surface area contributed by atoms with Crippen LogP contribution in [0.25, 0.3) is 10.8 Å². The first-order chi connectivity index (χ1) is 11.3. The third kappa shape index (κ3) is 4.70. The van der Waals surface area contributed by atoms with Crippen LogP contribution in [0.5, 0.6) is 0 Å². The number of carbonyl (C=O) groups excluding carboxylic acids is 1. The Morgan fingerprint density at radius 2 is 1.91 bits per heavy atom. The van der Waals surface area contributed by atoms with Crippen LogP contribution in [0.1, 0.15) is 0 Å². The predicted molar refractivity (Wildman–Crippen MR) is 97.2 cm³/mol. The molecule has 122 valence electrons. The maximum atomic E-state index is 12.1. The molecule has 2 aromatic rings. The summed E-state index contributed by atoms with van der Waals surface area (Å²) in [7, 11) is 0. The SMILES string of the molecule is O=C(CSCCN1CCOCC1)Nc1cccc2ccccc12. The van der Waals surface area contributed by atoms with Gasteiger partial charge in [-0.1, -0.05) is 36.4 Å². The minimum Gasteiger partial charge on any atom is -0.379 e. The summed E-state index contributed by atoms with van der Waals surface area (Å²) in [5.74, 6) is 1.53. The molecule has 1 saturated heterocycles. The van der Waals surface area contributed by atoms with Crippen molar-refractivity contribution in [2.45, 2.75) is 0 Å². The third-order valence-electron chi connectivity index (χ3n) is 3.95. The molecule has 0 atom stereocenters. The summed E-state index contributed by atoms with van der Waals surface area (Å²) in [6.45, 7) is 4.68. The van der Waals surface area contributed by atoms with E-state index in [0.29, 0.717) is 5.75 Å². The van der Waals surface area contributed by atoms with E-state index in [0.717, 1.165) is 55.1 Å². The first-order valence-electron chi connectivity index (χ1n) is 7.98. The number of morpholine rings is 1. The van der Waals surface area contributed by atoms with Crippen molar-refractivity contribution in [3.05, 3.63) is 42.5 Å². The van der Waals surface area contributed by atoms with E-state index in [2.05, 4.69) is 22.3 Å². The fourth-order valence-electron chi connectivity index (χ4n) is 2.70. The largest absolute Gasteiger partial charge is 0.379 e. The molecule has 1 N–H and O–H groups in total.